The fourth-order valence-electron chi connectivity index (χ4n) is 2.71. The molecule has 1 saturated heterocycles. The van der Waals surface area contributed by atoms with Crippen LogP contribution in [-0.2, 0) is 11.4 Å². The number of benzene rings is 2. The number of nitrogens with zero attached hydrogens (tertiary/aromatic N) is 1. The van der Waals surface area contributed by atoms with E-state index in [2.05, 4.69) is 0 Å². The van der Waals surface area contributed by atoms with Crippen molar-refractivity contribution in [2.75, 3.05) is 13.2 Å². The summed E-state index contributed by atoms with van der Waals surface area (Å²) < 4.78 is 11.6. The zero-order valence-electron chi connectivity index (χ0n) is 15.6. The monoisotopic (exact) mass is 417 g/mol. The topological polar surface area (TPSA) is 55.8 Å². The molecule has 5 nitrogen and oxygen atoms in total. The smallest absolute Gasteiger partial charge is 0.293 e. The number of thioether (sulfide) groups is 1. The Morgan fingerprint density at radius 1 is 1.07 bits per heavy atom. The third-order valence-corrected chi connectivity index (χ3v) is 5.18. The van der Waals surface area contributed by atoms with Gasteiger partial charge in [-0.15, -0.1) is 0 Å². The summed E-state index contributed by atoms with van der Waals surface area (Å²) >= 11 is 6.96. The van der Waals surface area contributed by atoms with Gasteiger partial charge in [0.2, 0.25) is 0 Å². The molecular formula is C21H20ClNO4S. The fraction of sp³-hybridized carbons (Fsp3) is 0.238. The molecule has 0 spiro atoms. The minimum Gasteiger partial charge on any atom is -0.490 e. The summed E-state index contributed by atoms with van der Waals surface area (Å²) in [5.41, 5.74) is 1.72. The molecule has 28 heavy (non-hydrogen) atoms. The highest BCUT2D eigenvalue weighted by Crippen LogP contribution is 2.34. The lowest BCUT2D eigenvalue weighted by molar-refractivity contribution is -0.122. The predicted molar refractivity (Wildman–Crippen MR) is 112 cm³/mol. The van der Waals surface area contributed by atoms with Crippen molar-refractivity contribution in [2.24, 2.45) is 0 Å². The summed E-state index contributed by atoms with van der Waals surface area (Å²) in [4.78, 5) is 25.8. The van der Waals surface area contributed by atoms with Gasteiger partial charge < -0.3 is 9.47 Å². The second-order valence-electron chi connectivity index (χ2n) is 5.98. The van der Waals surface area contributed by atoms with Crippen LogP contribution in [0.2, 0.25) is 5.02 Å². The lowest BCUT2D eigenvalue weighted by Gasteiger charge is -2.13. The molecule has 0 radical (unpaired) electrons. The van der Waals surface area contributed by atoms with Gasteiger partial charge in [0.05, 0.1) is 11.5 Å². The second kappa shape index (κ2) is 9.17. The molecule has 2 aromatic rings. The van der Waals surface area contributed by atoms with Crippen LogP contribution < -0.4 is 9.47 Å². The largest absolute Gasteiger partial charge is 0.490 e. The number of amides is 2. The van der Waals surface area contributed by atoms with E-state index in [1.807, 2.05) is 37.3 Å². The molecule has 0 atom stereocenters. The average Bonchev–Trinajstić information content (AvgIpc) is 2.94. The molecule has 0 aromatic heterocycles. The van der Waals surface area contributed by atoms with Gasteiger partial charge in [0.25, 0.3) is 11.1 Å². The number of rotatable bonds is 7. The van der Waals surface area contributed by atoms with Gasteiger partial charge >= 0.3 is 0 Å². The fourth-order valence-corrected chi connectivity index (χ4v) is 3.83. The Morgan fingerprint density at radius 2 is 1.89 bits per heavy atom. The van der Waals surface area contributed by atoms with Crippen LogP contribution in [0, 0.1) is 0 Å². The van der Waals surface area contributed by atoms with Crippen LogP contribution in [0.1, 0.15) is 25.0 Å². The van der Waals surface area contributed by atoms with Gasteiger partial charge in [0, 0.05) is 11.6 Å². The van der Waals surface area contributed by atoms with Gasteiger partial charge in [-0.3, -0.25) is 14.5 Å². The highest BCUT2D eigenvalue weighted by molar-refractivity contribution is 8.18. The Kier molecular flexibility index (Phi) is 6.65. The molecule has 1 fully saturated rings. The maximum absolute atomic E-state index is 12.3. The molecule has 2 amide bonds. The standard InChI is InChI=1S/C21H20ClNO4S/c1-3-23-20(24)19(28-21(23)25)12-14-8-9-17(18(11-14)26-4-2)27-13-15-6-5-7-16(22)10-15/h5-12H,3-4,13H2,1-2H3/b19-12-. The third-order valence-electron chi connectivity index (χ3n) is 4.04. The number of ether oxygens (including phenoxy) is 2. The Bertz CT molecular complexity index is 928. The lowest BCUT2D eigenvalue weighted by Crippen LogP contribution is -2.27. The first kappa shape index (κ1) is 20.3. The van der Waals surface area contributed by atoms with Gasteiger partial charge in [-0.2, -0.15) is 0 Å². The molecule has 0 unspecified atom stereocenters. The molecule has 0 bridgehead atoms. The molecule has 1 aliphatic heterocycles. The number of imide groups is 1. The molecule has 2 aromatic carbocycles. The molecular weight excluding hydrogens is 398 g/mol. The Morgan fingerprint density at radius 3 is 2.57 bits per heavy atom. The number of carbonyl (C=O) groups excluding carboxylic acids is 2. The van der Waals surface area contributed by atoms with Crippen LogP contribution in [0.25, 0.3) is 6.08 Å². The molecule has 3 rings (SSSR count). The number of hydrogen-bond donors (Lipinski definition) is 0. The maximum Gasteiger partial charge on any atom is 0.293 e. The van der Waals surface area contributed by atoms with Crippen LogP contribution in [-0.4, -0.2) is 29.2 Å². The predicted octanol–water partition coefficient (Wildman–Crippen LogP) is 5.37. The highest BCUT2D eigenvalue weighted by atomic mass is 35.5. The van der Waals surface area contributed by atoms with Crippen LogP contribution >= 0.6 is 23.4 Å². The van der Waals surface area contributed by atoms with Crippen molar-refractivity contribution in [2.45, 2.75) is 20.5 Å². The van der Waals surface area contributed by atoms with Crippen LogP contribution in [0.3, 0.4) is 0 Å². The van der Waals surface area contributed by atoms with Crippen LogP contribution in [0.5, 0.6) is 11.5 Å². The van der Waals surface area contributed by atoms with E-state index in [9.17, 15) is 9.59 Å². The highest BCUT2D eigenvalue weighted by Gasteiger charge is 2.33. The van der Waals surface area contributed by atoms with Gasteiger partial charge in [-0.25, -0.2) is 0 Å². The summed E-state index contributed by atoms with van der Waals surface area (Å²) in [5, 5.41) is 0.410. The summed E-state index contributed by atoms with van der Waals surface area (Å²) in [6, 6.07) is 12.9. The summed E-state index contributed by atoms with van der Waals surface area (Å²) in [6.45, 7) is 4.86. The van der Waals surface area contributed by atoms with E-state index in [0.717, 1.165) is 22.9 Å². The Hall–Kier alpha value is -2.44. The van der Waals surface area contributed by atoms with Crippen LogP contribution in [0.4, 0.5) is 4.79 Å². The first-order valence-corrected chi connectivity index (χ1v) is 10.1. The first-order valence-electron chi connectivity index (χ1n) is 8.91. The van der Waals surface area contributed by atoms with Crippen molar-refractivity contribution < 1.29 is 19.1 Å². The first-order chi connectivity index (χ1) is 13.5. The zero-order chi connectivity index (χ0) is 20.1. The molecule has 0 N–H and O–H groups in total. The van der Waals surface area contributed by atoms with Gasteiger partial charge in [0.15, 0.2) is 11.5 Å². The van der Waals surface area contributed by atoms with E-state index >= 15 is 0 Å². The molecule has 0 saturated carbocycles. The van der Waals surface area contributed by atoms with Gasteiger partial charge in [-0.1, -0.05) is 29.8 Å². The van der Waals surface area contributed by atoms with Crippen molar-refractivity contribution in [3.8, 4) is 11.5 Å². The van der Waals surface area contributed by atoms with Crippen molar-refractivity contribution >= 4 is 40.6 Å². The molecule has 1 heterocycles. The molecule has 1 aliphatic rings. The lowest BCUT2D eigenvalue weighted by atomic mass is 10.1. The van der Waals surface area contributed by atoms with E-state index in [1.54, 1.807) is 25.1 Å². The van der Waals surface area contributed by atoms with Crippen molar-refractivity contribution in [1.82, 2.24) is 4.90 Å². The number of halogens is 1. The minimum absolute atomic E-state index is 0.245. The molecule has 0 aliphatic carbocycles. The van der Waals surface area contributed by atoms with E-state index in [-0.39, 0.29) is 11.1 Å². The third kappa shape index (κ3) is 4.69. The SMILES string of the molecule is CCOc1cc(/C=C2\SC(=O)N(CC)C2=O)ccc1OCc1cccc(Cl)c1. The Labute approximate surface area is 173 Å². The maximum atomic E-state index is 12.3. The quantitative estimate of drug-likeness (QED) is 0.566. The summed E-state index contributed by atoms with van der Waals surface area (Å²) in [7, 11) is 0. The number of hydrogen-bond acceptors (Lipinski definition) is 5. The van der Waals surface area contributed by atoms with Crippen molar-refractivity contribution in [3.05, 3.63) is 63.5 Å². The number of likely N-dealkylation sites (N-methyl/N-ethyl adjacent to an activating group) is 1. The van der Waals surface area contributed by atoms with Crippen molar-refractivity contribution in [3.63, 3.8) is 0 Å². The van der Waals surface area contributed by atoms with E-state index in [4.69, 9.17) is 21.1 Å². The number of carbonyl (C=O) groups is 2. The zero-order valence-corrected chi connectivity index (χ0v) is 17.2. The van der Waals surface area contributed by atoms with E-state index < -0.39 is 0 Å². The summed E-state index contributed by atoms with van der Waals surface area (Å²) in [6.07, 6.45) is 1.70. The average molecular weight is 418 g/mol. The van der Waals surface area contributed by atoms with E-state index in [1.165, 1.54) is 4.90 Å². The molecule has 146 valence electrons. The van der Waals surface area contributed by atoms with Crippen molar-refractivity contribution in [1.29, 1.82) is 0 Å². The second-order valence-corrected chi connectivity index (χ2v) is 7.41. The molecule has 7 heteroatoms. The van der Waals surface area contributed by atoms with E-state index in [0.29, 0.717) is 41.2 Å². The minimum atomic E-state index is -0.267. The normalized spacial score (nSPS) is 15.4. The van der Waals surface area contributed by atoms with Gasteiger partial charge in [0.1, 0.15) is 6.61 Å². The van der Waals surface area contributed by atoms with Crippen LogP contribution in [0.15, 0.2) is 47.4 Å². The summed E-state index contributed by atoms with van der Waals surface area (Å²) in [5.74, 6) is 0.908. The Balaban J connectivity index is 1.80. The van der Waals surface area contributed by atoms with Gasteiger partial charge in [-0.05, 0) is 67.1 Å².